The fraction of sp³-hybridized carbons (Fsp3) is 1.00. The Hall–Kier alpha value is -0.120. The fourth-order valence-electron chi connectivity index (χ4n) is 5.06. The quantitative estimate of drug-likeness (QED) is 0.840. The van der Waals surface area contributed by atoms with Crippen LogP contribution < -0.4 is 5.32 Å². The molecule has 3 saturated heterocycles. The predicted molar refractivity (Wildman–Crippen MR) is 80.9 cm³/mol. The lowest BCUT2D eigenvalue weighted by atomic mass is 9.83. The number of fused-ring (bicyclic) bond motifs is 2. The number of ether oxygens (including phenoxy) is 1. The zero-order valence-electron chi connectivity index (χ0n) is 12.8. The molecule has 1 saturated carbocycles. The molecule has 2 bridgehead atoms. The third-order valence-corrected chi connectivity index (χ3v) is 6.17. The second-order valence-electron chi connectivity index (χ2n) is 7.71. The number of hydrogen-bond acceptors (Lipinski definition) is 3. The maximum atomic E-state index is 6.55. The van der Waals surface area contributed by atoms with Crippen LogP contribution in [0.2, 0.25) is 0 Å². The van der Waals surface area contributed by atoms with Crippen LogP contribution in [0, 0.1) is 0 Å². The molecule has 1 N–H and O–H groups in total. The Morgan fingerprint density at radius 1 is 0.950 bits per heavy atom. The van der Waals surface area contributed by atoms with Gasteiger partial charge in [0.1, 0.15) is 0 Å². The van der Waals surface area contributed by atoms with E-state index in [0.29, 0.717) is 11.7 Å². The Balaban J connectivity index is 1.31. The lowest BCUT2D eigenvalue weighted by Gasteiger charge is -2.34. The molecule has 4 aliphatic rings. The van der Waals surface area contributed by atoms with E-state index in [9.17, 15) is 0 Å². The molecule has 0 aromatic heterocycles. The Bertz CT molecular complexity index is 340. The molecule has 0 radical (unpaired) electrons. The number of likely N-dealkylation sites (tertiary alicyclic amines) is 1. The average Bonchev–Trinajstić information content (AvgIpc) is 2.98. The molecule has 20 heavy (non-hydrogen) atoms. The Morgan fingerprint density at radius 2 is 1.80 bits per heavy atom. The molecule has 4 fully saturated rings. The van der Waals surface area contributed by atoms with Gasteiger partial charge in [0.15, 0.2) is 0 Å². The SMILES string of the molecule is C1CCC2(CC1)CCC(CN1CCC3CCC(C1)N3)O2. The largest absolute Gasteiger partial charge is 0.370 e. The van der Waals surface area contributed by atoms with Gasteiger partial charge >= 0.3 is 0 Å². The molecule has 4 rings (SSSR count). The van der Waals surface area contributed by atoms with Crippen molar-refractivity contribution in [2.45, 2.75) is 88.0 Å². The van der Waals surface area contributed by atoms with E-state index in [1.165, 1.54) is 83.8 Å². The highest BCUT2D eigenvalue weighted by molar-refractivity contribution is 4.94. The van der Waals surface area contributed by atoms with Crippen LogP contribution in [-0.4, -0.2) is 48.3 Å². The maximum absolute atomic E-state index is 6.55. The van der Waals surface area contributed by atoms with Crippen LogP contribution in [-0.2, 0) is 4.74 Å². The van der Waals surface area contributed by atoms with E-state index in [1.807, 2.05) is 0 Å². The van der Waals surface area contributed by atoms with Crippen molar-refractivity contribution in [1.82, 2.24) is 10.2 Å². The highest BCUT2D eigenvalue weighted by Crippen LogP contribution is 2.42. The van der Waals surface area contributed by atoms with E-state index in [4.69, 9.17) is 4.74 Å². The smallest absolute Gasteiger partial charge is 0.0710 e. The van der Waals surface area contributed by atoms with Crippen molar-refractivity contribution in [2.24, 2.45) is 0 Å². The van der Waals surface area contributed by atoms with Gasteiger partial charge in [0.2, 0.25) is 0 Å². The predicted octanol–water partition coefficient (Wildman–Crippen LogP) is 2.69. The number of nitrogens with zero attached hydrogens (tertiary/aromatic N) is 1. The van der Waals surface area contributed by atoms with Crippen LogP contribution in [0.5, 0.6) is 0 Å². The standard InChI is InChI=1S/C17H30N2O/c1-2-8-17(9-3-1)10-6-16(20-17)13-19-11-7-14-4-5-15(12-19)18-14/h14-16,18H,1-13H2. The van der Waals surface area contributed by atoms with Gasteiger partial charge in [0.05, 0.1) is 11.7 Å². The van der Waals surface area contributed by atoms with E-state index < -0.39 is 0 Å². The van der Waals surface area contributed by atoms with Gasteiger partial charge < -0.3 is 10.1 Å². The summed E-state index contributed by atoms with van der Waals surface area (Å²) < 4.78 is 6.55. The second-order valence-corrected chi connectivity index (χ2v) is 7.71. The molecule has 0 aromatic carbocycles. The van der Waals surface area contributed by atoms with E-state index in [2.05, 4.69) is 10.2 Å². The molecule has 1 aliphatic carbocycles. The molecule has 3 aliphatic heterocycles. The van der Waals surface area contributed by atoms with Gasteiger partial charge in [-0.2, -0.15) is 0 Å². The van der Waals surface area contributed by atoms with Gasteiger partial charge in [0.25, 0.3) is 0 Å². The van der Waals surface area contributed by atoms with E-state index in [0.717, 1.165) is 12.1 Å². The lowest BCUT2D eigenvalue weighted by molar-refractivity contribution is -0.0719. The van der Waals surface area contributed by atoms with Crippen molar-refractivity contribution in [2.75, 3.05) is 19.6 Å². The van der Waals surface area contributed by atoms with Crippen LogP contribution in [0.4, 0.5) is 0 Å². The van der Waals surface area contributed by atoms with Crippen LogP contribution in [0.25, 0.3) is 0 Å². The van der Waals surface area contributed by atoms with Gasteiger partial charge in [-0.1, -0.05) is 19.3 Å². The monoisotopic (exact) mass is 278 g/mol. The summed E-state index contributed by atoms with van der Waals surface area (Å²) in [5.74, 6) is 0. The normalized spacial score (nSPS) is 41.1. The highest BCUT2D eigenvalue weighted by atomic mass is 16.5. The molecule has 3 atom stereocenters. The third-order valence-electron chi connectivity index (χ3n) is 6.17. The van der Waals surface area contributed by atoms with E-state index in [1.54, 1.807) is 0 Å². The molecule has 0 amide bonds. The molecule has 3 heteroatoms. The minimum absolute atomic E-state index is 0.298. The third kappa shape index (κ3) is 2.77. The molecule has 1 spiro atoms. The van der Waals surface area contributed by atoms with Gasteiger partial charge in [-0.25, -0.2) is 0 Å². The first kappa shape index (κ1) is 13.5. The van der Waals surface area contributed by atoms with Crippen molar-refractivity contribution in [3.05, 3.63) is 0 Å². The van der Waals surface area contributed by atoms with E-state index in [-0.39, 0.29) is 0 Å². The Labute approximate surface area is 123 Å². The molecule has 3 heterocycles. The highest BCUT2D eigenvalue weighted by Gasteiger charge is 2.41. The molecule has 3 unspecified atom stereocenters. The molecule has 114 valence electrons. The molecular weight excluding hydrogens is 248 g/mol. The lowest BCUT2D eigenvalue weighted by Crippen LogP contribution is -2.40. The zero-order valence-corrected chi connectivity index (χ0v) is 12.8. The summed E-state index contributed by atoms with van der Waals surface area (Å²) in [6.07, 6.45) is 14.2. The van der Waals surface area contributed by atoms with Crippen LogP contribution in [0.1, 0.15) is 64.2 Å². The minimum Gasteiger partial charge on any atom is -0.370 e. The van der Waals surface area contributed by atoms with Crippen molar-refractivity contribution in [3.8, 4) is 0 Å². The Morgan fingerprint density at radius 3 is 2.70 bits per heavy atom. The number of hydrogen-bond donors (Lipinski definition) is 1. The van der Waals surface area contributed by atoms with Crippen LogP contribution >= 0.6 is 0 Å². The van der Waals surface area contributed by atoms with Crippen LogP contribution in [0.3, 0.4) is 0 Å². The first-order valence-corrected chi connectivity index (χ1v) is 8.98. The summed E-state index contributed by atoms with van der Waals surface area (Å²) >= 11 is 0. The maximum Gasteiger partial charge on any atom is 0.0710 e. The summed E-state index contributed by atoms with van der Waals surface area (Å²) in [6.45, 7) is 3.72. The van der Waals surface area contributed by atoms with E-state index >= 15 is 0 Å². The first-order chi connectivity index (χ1) is 9.81. The van der Waals surface area contributed by atoms with Gasteiger partial charge in [0, 0.05) is 25.2 Å². The van der Waals surface area contributed by atoms with Crippen LogP contribution in [0.15, 0.2) is 0 Å². The summed E-state index contributed by atoms with van der Waals surface area (Å²) in [5, 5.41) is 3.78. The Kier molecular flexibility index (Phi) is 3.78. The molecule has 0 aromatic rings. The van der Waals surface area contributed by atoms with Gasteiger partial charge in [-0.05, 0) is 51.5 Å². The molecular formula is C17H30N2O. The average molecular weight is 278 g/mol. The topological polar surface area (TPSA) is 24.5 Å². The number of rotatable bonds is 2. The fourth-order valence-corrected chi connectivity index (χ4v) is 5.06. The summed E-state index contributed by atoms with van der Waals surface area (Å²) in [7, 11) is 0. The van der Waals surface area contributed by atoms with Crippen molar-refractivity contribution in [1.29, 1.82) is 0 Å². The van der Waals surface area contributed by atoms with Gasteiger partial charge in [-0.15, -0.1) is 0 Å². The minimum atomic E-state index is 0.298. The van der Waals surface area contributed by atoms with Crippen molar-refractivity contribution < 1.29 is 4.74 Å². The summed E-state index contributed by atoms with van der Waals surface area (Å²) in [5.41, 5.74) is 0.298. The number of nitrogens with one attached hydrogen (secondary N) is 1. The van der Waals surface area contributed by atoms with Crippen molar-refractivity contribution in [3.63, 3.8) is 0 Å². The summed E-state index contributed by atoms with van der Waals surface area (Å²) in [6, 6.07) is 1.56. The van der Waals surface area contributed by atoms with Crippen molar-refractivity contribution >= 4 is 0 Å². The zero-order chi connectivity index (χ0) is 13.4. The molecule has 3 nitrogen and oxygen atoms in total. The first-order valence-electron chi connectivity index (χ1n) is 8.98. The van der Waals surface area contributed by atoms with Gasteiger partial charge in [-0.3, -0.25) is 4.90 Å². The second kappa shape index (κ2) is 5.58. The summed E-state index contributed by atoms with van der Waals surface area (Å²) in [4.78, 5) is 2.68.